The second kappa shape index (κ2) is 4.14. The van der Waals surface area contributed by atoms with E-state index in [4.69, 9.17) is 4.74 Å². The van der Waals surface area contributed by atoms with Crippen LogP contribution >= 0.6 is 0 Å². The second-order valence-corrected chi connectivity index (χ2v) is 3.37. The Balaban J connectivity index is 2.96. The fourth-order valence-electron chi connectivity index (χ4n) is 1.56. The van der Waals surface area contributed by atoms with Gasteiger partial charge >= 0.3 is 0 Å². The maximum atomic E-state index is 11.4. The van der Waals surface area contributed by atoms with Gasteiger partial charge in [-0.3, -0.25) is 9.59 Å². The third-order valence-electron chi connectivity index (χ3n) is 2.35. The van der Waals surface area contributed by atoms with E-state index in [-0.39, 0.29) is 0 Å². The number of rotatable bonds is 1. The largest absolute Gasteiger partial charge is 0.496 e. The third kappa shape index (κ3) is 1.80. The summed E-state index contributed by atoms with van der Waals surface area (Å²) in [5, 5.41) is 0. The molecule has 0 saturated carbocycles. The van der Waals surface area contributed by atoms with Gasteiger partial charge in [0, 0.05) is 11.6 Å². The number of hydrogen-bond acceptors (Lipinski definition) is 3. The molecule has 80 valence electrons. The summed E-state index contributed by atoms with van der Waals surface area (Å²) < 4.78 is 5.13. The summed E-state index contributed by atoms with van der Waals surface area (Å²) in [6, 6.07) is 11.6. The molecule has 3 nitrogen and oxygen atoms in total. The van der Waals surface area contributed by atoms with Crippen molar-refractivity contribution in [2.75, 3.05) is 7.11 Å². The Morgan fingerprint density at radius 2 is 1.62 bits per heavy atom. The first-order valence-electron chi connectivity index (χ1n) is 4.84. The fourth-order valence-corrected chi connectivity index (χ4v) is 1.56. The van der Waals surface area contributed by atoms with Crippen molar-refractivity contribution >= 4 is 0 Å². The minimum absolute atomic E-state index is 0.415. The van der Waals surface area contributed by atoms with Crippen molar-refractivity contribution in [1.29, 1.82) is 0 Å². The molecule has 0 spiro atoms. The Bertz CT molecular complexity index is 605. The molecule has 0 aromatic carbocycles. The van der Waals surface area contributed by atoms with Crippen LogP contribution in [0.1, 0.15) is 0 Å². The van der Waals surface area contributed by atoms with Gasteiger partial charge in [-0.2, -0.15) is 0 Å². The van der Waals surface area contributed by atoms with Crippen molar-refractivity contribution in [2.45, 2.75) is 0 Å². The average Bonchev–Trinajstić information content (AvgIpc) is 2.55. The number of methoxy groups -OCH3 is 1. The van der Waals surface area contributed by atoms with Crippen LogP contribution in [0.2, 0.25) is 0 Å². The van der Waals surface area contributed by atoms with Gasteiger partial charge in [0.2, 0.25) is 10.9 Å². The molecule has 0 fully saturated rings. The lowest BCUT2D eigenvalue weighted by atomic mass is 10.1. The Morgan fingerprint density at radius 3 is 2.38 bits per heavy atom. The van der Waals surface area contributed by atoms with Crippen LogP contribution in [-0.4, -0.2) is 7.11 Å². The van der Waals surface area contributed by atoms with Crippen LogP contribution in [-0.2, 0) is 0 Å². The molecule has 0 heterocycles. The molecular weight excluding hydrogens is 204 g/mol. The van der Waals surface area contributed by atoms with Crippen LogP contribution < -0.4 is 15.6 Å². The van der Waals surface area contributed by atoms with Gasteiger partial charge in [0.05, 0.1) is 7.11 Å². The number of hydrogen-bond donors (Lipinski definition) is 0. The van der Waals surface area contributed by atoms with E-state index >= 15 is 0 Å². The molecule has 0 aliphatic heterocycles. The summed E-state index contributed by atoms with van der Waals surface area (Å²) in [6.07, 6.45) is 0. The zero-order valence-corrected chi connectivity index (χ0v) is 8.77. The lowest BCUT2D eigenvalue weighted by Crippen LogP contribution is -2.18. The van der Waals surface area contributed by atoms with E-state index in [9.17, 15) is 9.59 Å². The van der Waals surface area contributed by atoms with Crippen molar-refractivity contribution < 1.29 is 4.74 Å². The Morgan fingerprint density at radius 1 is 0.938 bits per heavy atom. The quantitative estimate of drug-likeness (QED) is 0.676. The first-order chi connectivity index (χ1) is 7.72. The van der Waals surface area contributed by atoms with Gasteiger partial charge in [-0.05, 0) is 11.6 Å². The fraction of sp³-hybridized carbons (Fsp3) is 0.0769. The Kier molecular flexibility index (Phi) is 2.68. The molecule has 3 heteroatoms. The van der Waals surface area contributed by atoms with Crippen LogP contribution in [0.3, 0.4) is 0 Å². The summed E-state index contributed by atoms with van der Waals surface area (Å²) in [5.74, 6) is 0.415. The van der Waals surface area contributed by atoms with Crippen molar-refractivity contribution in [1.82, 2.24) is 0 Å². The van der Waals surface area contributed by atoms with Crippen molar-refractivity contribution in [3.05, 3.63) is 62.9 Å². The lowest BCUT2D eigenvalue weighted by Gasteiger charge is -2.02. The first kappa shape index (κ1) is 10.4. The topological polar surface area (TPSA) is 43.4 Å². The van der Waals surface area contributed by atoms with E-state index in [1.165, 1.54) is 19.2 Å². The molecule has 16 heavy (non-hydrogen) atoms. The molecule has 2 rings (SSSR count). The highest BCUT2D eigenvalue weighted by atomic mass is 16.5. The smallest absolute Gasteiger partial charge is 0.229 e. The van der Waals surface area contributed by atoms with Gasteiger partial charge in [-0.1, -0.05) is 30.3 Å². The Hall–Kier alpha value is -2.16. The maximum Gasteiger partial charge on any atom is 0.229 e. The van der Waals surface area contributed by atoms with E-state index in [1.54, 1.807) is 6.07 Å². The highest BCUT2D eigenvalue weighted by molar-refractivity contribution is 5.70. The van der Waals surface area contributed by atoms with E-state index in [2.05, 4.69) is 0 Å². The van der Waals surface area contributed by atoms with Gasteiger partial charge in [-0.15, -0.1) is 0 Å². The SMILES string of the molecule is COc1cc(=O)c(=O)cc2cccccc1-2. The average molecular weight is 214 g/mol. The highest BCUT2D eigenvalue weighted by Gasteiger charge is 2.07. The molecule has 0 amide bonds. The van der Waals surface area contributed by atoms with Crippen LogP contribution in [0.25, 0.3) is 11.1 Å². The number of ether oxygens (including phenoxy) is 1. The molecule has 0 saturated heterocycles. The minimum atomic E-state index is -0.560. The zero-order valence-electron chi connectivity index (χ0n) is 8.77. The predicted octanol–water partition coefficient (Wildman–Crippen LogP) is 1.52. The van der Waals surface area contributed by atoms with E-state index in [0.717, 1.165) is 5.56 Å². The van der Waals surface area contributed by atoms with Gasteiger partial charge < -0.3 is 4.74 Å². The van der Waals surface area contributed by atoms with E-state index in [0.29, 0.717) is 11.3 Å². The molecule has 2 aliphatic carbocycles. The standard InChI is InChI=1S/C13H10O3/c1-16-13-8-12(15)11(14)7-9-5-3-2-4-6-10(9)13/h2-8H,1H3. The summed E-state index contributed by atoms with van der Waals surface area (Å²) in [7, 11) is 1.48. The first-order valence-corrected chi connectivity index (χ1v) is 4.84. The molecule has 0 aromatic heterocycles. The molecule has 0 unspecified atom stereocenters. The molecule has 0 N–H and O–H groups in total. The lowest BCUT2D eigenvalue weighted by molar-refractivity contribution is 0.416. The second-order valence-electron chi connectivity index (χ2n) is 3.37. The summed E-state index contributed by atoms with van der Waals surface area (Å²) >= 11 is 0. The molecule has 2 aliphatic rings. The third-order valence-corrected chi connectivity index (χ3v) is 2.35. The summed E-state index contributed by atoms with van der Waals surface area (Å²) in [4.78, 5) is 22.8. The summed E-state index contributed by atoms with van der Waals surface area (Å²) in [6.45, 7) is 0. The van der Waals surface area contributed by atoms with Crippen LogP contribution in [0.5, 0.6) is 5.75 Å². The highest BCUT2D eigenvalue weighted by Crippen LogP contribution is 2.26. The predicted molar refractivity (Wildman–Crippen MR) is 62.2 cm³/mol. The molecule has 0 radical (unpaired) electrons. The monoisotopic (exact) mass is 214 g/mol. The van der Waals surface area contributed by atoms with E-state index < -0.39 is 10.9 Å². The van der Waals surface area contributed by atoms with Crippen molar-refractivity contribution in [2.24, 2.45) is 0 Å². The van der Waals surface area contributed by atoms with Crippen LogP contribution in [0.15, 0.2) is 52.1 Å². The zero-order chi connectivity index (χ0) is 11.5. The molecule has 0 aromatic rings. The normalized spacial score (nSPS) is 10.1. The van der Waals surface area contributed by atoms with E-state index in [1.807, 2.05) is 24.3 Å². The Labute approximate surface area is 92.3 Å². The molecular formula is C13H10O3. The van der Waals surface area contributed by atoms with Gasteiger partial charge in [0.25, 0.3) is 0 Å². The van der Waals surface area contributed by atoms with Crippen LogP contribution in [0.4, 0.5) is 0 Å². The molecule has 0 bridgehead atoms. The molecule has 0 atom stereocenters. The van der Waals surface area contributed by atoms with Gasteiger partial charge in [-0.25, -0.2) is 0 Å². The van der Waals surface area contributed by atoms with Crippen molar-refractivity contribution in [3.63, 3.8) is 0 Å². The van der Waals surface area contributed by atoms with Gasteiger partial charge in [0.15, 0.2) is 0 Å². The number of fused-ring (bicyclic) bond motifs is 1. The van der Waals surface area contributed by atoms with Crippen molar-refractivity contribution in [3.8, 4) is 16.9 Å². The van der Waals surface area contributed by atoms with Crippen LogP contribution in [0, 0.1) is 0 Å². The van der Waals surface area contributed by atoms with Gasteiger partial charge in [0.1, 0.15) is 5.75 Å². The minimum Gasteiger partial charge on any atom is -0.496 e. The summed E-state index contributed by atoms with van der Waals surface area (Å²) in [5.41, 5.74) is 0.343. The maximum absolute atomic E-state index is 11.4.